The number of thiocarbonyl (C=S) groups is 1. The zero-order valence-electron chi connectivity index (χ0n) is 16.9. The molecule has 0 aliphatic carbocycles. The fourth-order valence-electron chi connectivity index (χ4n) is 3.12. The molecule has 1 aromatic heterocycles. The molecule has 3 rings (SSSR count). The van der Waals surface area contributed by atoms with Gasteiger partial charge in [-0.15, -0.1) is 0 Å². The number of thioether (sulfide) groups is 1. The summed E-state index contributed by atoms with van der Waals surface area (Å²) in [5, 5.41) is 18.3. The van der Waals surface area contributed by atoms with Crippen molar-refractivity contribution in [2.75, 3.05) is 0 Å². The Bertz CT molecular complexity index is 1050. The number of hydrogen-bond donors (Lipinski definition) is 2. The van der Waals surface area contributed by atoms with E-state index in [0.29, 0.717) is 17.4 Å². The van der Waals surface area contributed by atoms with Crippen molar-refractivity contribution in [3.05, 3.63) is 52.6 Å². The number of carbonyl (C=O) groups excluding carboxylic acids is 1. The van der Waals surface area contributed by atoms with E-state index in [1.807, 2.05) is 24.3 Å². The van der Waals surface area contributed by atoms with E-state index in [-0.39, 0.29) is 22.1 Å². The van der Waals surface area contributed by atoms with Crippen LogP contribution in [0.25, 0.3) is 17.4 Å². The number of carboxylic acids is 2. The number of nitrogens with zero attached hydrogens (tertiary/aromatic N) is 1. The molecule has 2 aromatic rings. The van der Waals surface area contributed by atoms with Gasteiger partial charge >= 0.3 is 11.9 Å². The van der Waals surface area contributed by atoms with Crippen LogP contribution in [0.4, 0.5) is 0 Å². The average molecular weight is 460 g/mol. The highest BCUT2D eigenvalue weighted by Crippen LogP contribution is 2.35. The lowest BCUT2D eigenvalue weighted by Gasteiger charge is -2.22. The van der Waals surface area contributed by atoms with Gasteiger partial charge in [-0.2, -0.15) is 0 Å². The minimum Gasteiger partial charge on any atom is -0.481 e. The van der Waals surface area contributed by atoms with Gasteiger partial charge in [-0.1, -0.05) is 62.1 Å². The molecule has 1 aromatic carbocycles. The number of furan rings is 1. The van der Waals surface area contributed by atoms with Gasteiger partial charge < -0.3 is 14.6 Å². The van der Waals surface area contributed by atoms with Crippen LogP contribution in [0.3, 0.4) is 0 Å². The molecule has 1 atom stereocenters. The molecule has 1 unspecified atom stereocenters. The lowest BCUT2D eigenvalue weighted by molar-refractivity contribution is -0.146. The van der Waals surface area contributed by atoms with Gasteiger partial charge in [0.25, 0.3) is 5.91 Å². The summed E-state index contributed by atoms with van der Waals surface area (Å²) in [4.78, 5) is 36.4. The highest BCUT2D eigenvalue weighted by Gasteiger charge is 2.40. The maximum Gasteiger partial charge on any atom is 0.326 e. The monoisotopic (exact) mass is 459 g/mol. The van der Waals surface area contributed by atoms with Gasteiger partial charge in [0, 0.05) is 18.1 Å². The zero-order valence-corrected chi connectivity index (χ0v) is 18.5. The zero-order chi connectivity index (χ0) is 22.7. The van der Waals surface area contributed by atoms with Crippen molar-refractivity contribution in [3.8, 4) is 11.3 Å². The van der Waals surface area contributed by atoms with Gasteiger partial charge in [0.05, 0.1) is 4.91 Å². The van der Waals surface area contributed by atoms with Crippen molar-refractivity contribution < 1.29 is 29.0 Å². The largest absolute Gasteiger partial charge is 0.481 e. The number of aliphatic carboxylic acids is 2. The van der Waals surface area contributed by atoms with Gasteiger partial charge in [-0.05, 0) is 30.0 Å². The van der Waals surface area contributed by atoms with Crippen LogP contribution < -0.4 is 0 Å². The average Bonchev–Trinajstić information content (AvgIpc) is 3.28. The molecule has 0 radical (unpaired) electrons. The summed E-state index contributed by atoms with van der Waals surface area (Å²) < 4.78 is 5.91. The fourth-order valence-corrected chi connectivity index (χ4v) is 4.46. The summed E-state index contributed by atoms with van der Waals surface area (Å²) in [5.74, 6) is -1.52. The summed E-state index contributed by atoms with van der Waals surface area (Å²) in [7, 11) is 0. The highest BCUT2D eigenvalue weighted by atomic mass is 32.2. The molecule has 2 heterocycles. The van der Waals surface area contributed by atoms with Crippen molar-refractivity contribution >= 4 is 52.2 Å². The molecule has 7 nitrogen and oxygen atoms in total. The topological polar surface area (TPSA) is 108 Å². The van der Waals surface area contributed by atoms with Crippen LogP contribution in [0.1, 0.15) is 43.9 Å². The number of carboxylic acid groups (broad SMARTS) is 2. The molecule has 1 saturated heterocycles. The molecule has 0 saturated carbocycles. The smallest absolute Gasteiger partial charge is 0.326 e. The van der Waals surface area contributed by atoms with Crippen molar-refractivity contribution in [2.45, 2.75) is 38.6 Å². The van der Waals surface area contributed by atoms with Crippen molar-refractivity contribution in [1.82, 2.24) is 4.90 Å². The van der Waals surface area contributed by atoms with Crippen molar-refractivity contribution in [2.24, 2.45) is 0 Å². The van der Waals surface area contributed by atoms with Crippen molar-refractivity contribution in [1.29, 1.82) is 0 Å². The normalized spacial score (nSPS) is 16.4. The SMILES string of the molecule is CC(C)c1ccc(-c2ccc(/C=C3\SC(=S)N(C(CCC(=O)O)C(=O)O)C3=O)o2)cc1. The Labute approximate surface area is 188 Å². The van der Waals surface area contributed by atoms with E-state index in [4.69, 9.17) is 21.7 Å². The van der Waals surface area contributed by atoms with Crippen LogP contribution in [0, 0.1) is 0 Å². The number of hydrogen-bond acceptors (Lipinski definition) is 6. The van der Waals surface area contributed by atoms with Crippen LogP contribution in [-0.2, 0) is 14.4 Å². The molecule has 9 heteroatoms. The predicted molar refractivity (Wildman–Crippen MR) is 122 cm³/mol. The second-order valence-corrected chi connectivity index (χ2v) is 8.99. The Morgan fingerprint density at radius 2 is 1.84 bits per heavy atom. The van der Waals surface area contributed by atoms with Gasteiger partial charge in [-0.25, -0.2) is 4.79 Å². The lowest BCUT2D eigenvalue weighted by atomic mass is 10.0. The van der Waals surface area contributed by atoms with Crippen LogP contribution in [0.2, 0.25) is 0 Å². The first-order valence-electron chi connectivity index (χ1n) is 9.59. The third-order valence-corrected chi connectivity index (χ3v) is 6.14. The van der Waals surface area contributed by atoms with Gasteiger partial charge in [0.15, 0.2) is 0 Å². The van der Waals surface area contributed by atoms with Crippen LogP contribution in [0.5, 0.6) is 0 Å². The van der Waals surface area contributed by atoms with E-state index in [0.717, 1.165) is 22.2 Å². The Morgan fingerprint density at radius 3 is 2.42 bits per heavy atom. The summed E-state index contributed by atoms with van der Waals surface area (Å²) in [6.07, 6.45) is 0.896. The van der Waals surface area contributed by atoms with E-state index >= 15 is 0 Å². The molecule has 1 amide bonds. The lowest BCUT2D eigenvalue weighted by Crippen LogP contribution is -2.44. The quantitative estimate of drug-likeness (QED) is 0.436. The number of benzene rings is 1. The third kappa shape index (κ3) is 5.23. The fraction of sp³-hybridized carbons (Fsp3) is 0.273. The molecule has 0 bridgehead atoms. The second-order valence-electron chi connectivity index (χ2n) is 7.32. The molecule has 1 fully saturated rings. The van der Waals surface area contributed by atoms with Gasteiger partial charge in [0.2, 0.25) is 0 Å². The summed E-state index contributed by atoms with van der Waals surface area (Å²) in [6, 6.07) is 10.2. The number of rotatable bonds is 8. The van der Waals surface area contributed by atoms with E-state index < -0.39 is 23.9 Å². The first kappa shape index (κ1) is 22.8. The van der Waals surface area contributed by atoms with E-state index in [2.05, 4.69) is 13.8 Å². The minimum atomic E-state index is -1.33. The minimum absolute atomic E-state index is 0.0742. The van der Waals surface area contributed by atoms with Gasteiger partial charge in [0.1, 0.15) is 21.9 Å². The molecule has 0 spiro atoms. The Morgan fingerprint density at radius 1 is 1.16 bits per heavy atom. The third-order valence-electron chi connectivity index (χ3n) is 4.81. The van der Waals surface area contributed by atoms with Gasteiger partial charge in [-0.3, -0.25) is 14.5 Å². The Kier molecular flexibility index (Phi) is 6.97. The highest BCUT2D eigenvalue weighted by molar-refractivity contribution is 8.26. The molecular formula is C22H21NO6S2. The first-order chi connectivity index (χ1) is 14.7. The first-order valence-corrected chi connectivity index (χ1v) is 10.8. The van der Waals surface area contributed by atoms with Crippen LogP contribution >= 0.6 is 24.0 Å². The molecule has 2 N–H and O–H groups in total. The van der Waals surface area contributed by atoms with Crippen molar-refractivity contribution in [3.63, 3.8) is 0 Å². The van der Waals surface area contributed by atoms with Crippen LogP contribution in [0.15, 0.2) is 45.7 Å². The summed E-state index contributed by atoms with van der Waals surface area (Å²) in [6.45, 7) is 4.24. The molecule has 1 aliphatic heterocycles. The van der Waals surface area contributed by atoms with Crippen LogP contribution in [-0.4, -0.2) is 43.3 Å². The number of carbonyl (C=O) groups is 3. The summed E-state index contributed by atoms with van der Waals surface area (Å²) in [5.41, 5.74) is 2.12. The van der Waals surface area contributed by atoms with E-state index in [9.17, 15) is 19.5 Å². The van der Waals surface area contributed by atoms with E-state index in [1.165, 1.54) is 11.6 Å². The van der Waals surface area contributed by atoms with E-state index in [1.54, 1.807) is 12.1 Å². The molecule has 1 aliphatic rings. The maximum atomic E-state index is 12.8. The standard InChI is InChI=1S/C22H21NO6S2/c1-12(2)13-3-5-14(6-4-13)17-9-7-15(29-17)11-18-20(26)23(22(30)31-18)16(21(27)28)8-10-19(24)25/h3-7,9,11-12,16H,8,10H2,1-2H3,(H,24,25)(H,27,28)/b18-11-. The molecular weight excluding hydrogens is 438 g/mol. The predicted octanol–water partition coefficient (Wildman–Crippen LogP) is 4.59. The second kappa shape index (κ2) is 9.49. The summed E-state index contributed by atoms with van der Waals surface area (Å²) >= 11 is 6.15. The molecule has 31 heavy (non-hydrogen) atoms. The Balaban J connectivity index is 1.80. The Hall–Kier alpha value is -2.91. The number of amides is 1. The molecule has 162 valence electrons. The maximum absolute atomic E-state index is 12.8.